The molecule has 5 aromatic rings. The molecule has 14 heteroatoms. The van der Waals surface area contributed by atoms with E-state index in [0.29, 0.717) is 31.2 Å². The first kappa shape index (κ1) is 39.1. The summed E-state index contributed by atoms with van der Waals surface area (Å²) in [7, 11) is 4.18. The predicted octanol–water partition coefficient (Wildman–Crippen LogP) is 10.3. The first-order chi connectivity index (χ1) is 24.8. The molecular formula is C38H36Cl3FN4O5S. The highest BCUT2D eigenvalue weighted by Gasteiger charge is 2.38. The number of nitrogens with zero attached hydrogens (tertiary/aromatic N) is 3. The van der Waals surface area contributed by atoms with Crippen LogP contribution in [-0.2, 0) is 6.42 Å². The van der Waals surface area contributed by atoms with Gasteiger partial charge in [-0.15, -0.1) is 0 Å². The van der Waals surface area contributed by atoms with Crippen LogP contribution in [0.3, 0.4) is 0 Å². The number of carbonyl (C=O) groups excluding carboxylic acids is 1. The number of ether oxygens (including phenoxy) is 1. The van der Waals surface area contributed by atoms with E-state index in [4.69, 9.17) is 44.4 Å². The molecule has 1 aliphatic rings. The normalized spacial score (nSPS) is 16.9. The van der Waals surface area contributed by atoms with Gasteiger partial charge < -0.3 is 24.6 Å². The van der Waals surface area contributed by atoms with E-state index < -0.39 is 6.16 Å². The van der Waals surface area contributed by atoms with Crippen molar-refractivity contribution in [2.45, 2.75) is 60.5 Å². The first-order valence-electron chi connectivity index (χ1n) is 16.3. The number of pyridine rings is 1. The molecule has 0 atom stereocenters. The van der Waals surface area contributed by atoms with Gasteiger partial charge in [0, 0.05) is 40.2 Å². The maximum absolute atomic E-state index is 13.7. The Bertz CT molecular complexity index is 2000. The van der Waals surface area contributed by atoms with Crippen molar-refractivity contribution in [3.8, 4) is 17.0 Å². The fourth-order valence-electron chi connectivity index (χ4n) is 6.09. The van der Waals surface area contributed by atoms with Crippen molar-refractivity contribution in [3.05, 3.63) is 123 Å². The van der Waals surface area contributed by atoms with Crippen LogP contribution < -0.4 is 10.1 Å². The highest BCUT2D eigenvalue weighted by atomic mass is 35.5. The van der Waals surface area contributed by atoms with Crippen LogP contribution in [-0.4, -0.2) is 57.9 Å². The van der Waals surface area contributed by atoms with Crippen molar-refractivity contribution in [2.75, 3.05) is 14.1 Å². The first-order valence-corrected chi connectivity index (χ1v) is 18.2. The van der Waals surface area contributed by atoms with E-state index in [9.17, 15) is 14.0 Å². The van der Waals surface area contributed by atoms with Crippen molar-refractivity contribution in [1.82, 2.24) is 20.4 Å². The maximum atomic E-state index is 13.7. The molecule has 2 heterocycles. The molecule has 2 N–H and O–H groups in total. The number of aryl methyl sites for hydroxylation is 1. The third kappa shape index (κ3) is 9.84. The lowest BCUT2D eigenvalue weighted by molar-refractivity contribution is 0.0767. The lowest BCUT2D eigenvalue weighted by atomic mass is 9.74. The minimum Gasteiger partial charge on any atom is -0.449 e. The van der Waals surface area contributed by atoms with Gasteiger partial charge in [0.2, 0.25) is 5.75 Å². The Kier molecular flexibility index (Phi) is 13.2. The van der Waals surface area contributed by atoms with Gasteiger partial charge in [0.1, 0.15) is 10.8 Å². The standard InChI is InChI=1S/C27H29ClFN3OS.C11H7Cl2NO4/c1-32(2)27(18-19-5-3-6-21(29)17-19)14-12-22(13-15-27)31-25(33)24-7-4-16-30-26(24)34-23-10-8-20(28)9-11-23;1-5-10(17-11(15)16)9(14-18-5)8-6(12)3-2-4-7(8)13/h3-11,16-17,22H,12-15,18H2,1-2H3,(H,31,33);2-4H,1H3,(H,15,16). The zero-order valence-corrected chi connectivity index (χ0v) is 31.6. The molecule has 1 saturated carbocycles. The average molecular weight is 786 g/mol. The summed E-state index contributed by atoms with van der Waals surface area (Å²) in [5.41, 5.74) is 2.07. The van der Waals surface area contributed by atoms with Crippen molar-refractivity contribution in [3.63, 3.8) is 0 Å². The van der Waals surface area contributed by atoms with E-state index in [0.717, 1.165) is 42.6 Å². The molecule has 0 radical (unpaired) electrons. The van der Waals surface area contributed by atoms with E-state index in [-0.39, 0.29) is 40.5 Å². The number of halogens is 4. The Morgan fingerprint density at radius 3 is 2.33 bits per heavy atom. The third-order valence-electron chi connectivity index (χ3n) is 8.86. The molecule has 1 fully saturated rings. The van der Waals surface area contributed by atoms with Crippen molar-refractivity contribution >= 4 is 58.6 Å². The average Bonchev–Trinajstić information content (AvgIpc) is 3.45. The van der Waals surface area contributed by atoms with Gasteiger partial charge in [0.15, 0.2) is 11.5 Å². The molecule has 9 nitrogen and oxygen atoms in total. The smallest absolute Gasteiger partial charge is 0.449 e. The second-order valence-electron chi connectivity index (χ2n) is 12.5. The number of carboxylic acid groups (broad SMARTS) is 1. The monoisotopic (exact) mass is 784 g/mol. The number of benzene rings is 3. The summed E-state index contributed by atoms with van der Waals surface area (Å²) in [6.45, 7) is 1.53. The number of nitrogens with one attached hydrogen (secondary N) is 1. The van der Waals surface area contributed by atoms with Crippen LogP contribution in [0.4, 0.5) is 9.18 Å². The van der Waals surface area contributed by atoms with Crippen molar-refractivity contribution in [2.24, 2.45) is 0 Å². The Morgan fingerprint density at radius 1 is 1.02 bits per heavy atom. The summed E-state index contributed by atoms with van der Waals surface area (Å²) >= 11 is 19.5. The largest absolute Gasteiger partial charge is 0.511 e. The summed E-state index contributed by atoms with van der Waals surface area (Å²) in [5.74, 6) is -0.0889. The molecule has 1 aliphatic carbocycles. The number of amides is 1. The Morgan fingerprint density at radius 2 is 1.69 bits per heavy atom. The molecule has 0 spiro atoms. The number of aromatic nitrogens is 2. The molecular weight excluding hydrogens is 750 g/mol. The van der Waals surface area contributed by atoms with E-state index in [1.807, 2.05) is 36.4 Å². The van der Waals surface area contributed by atoms with Crippen LogP contribution in [0.5, 0.6) is 5.75 Å². The van der Waals surface area contributed by atoms with Gasteiger partial charge in [-0.2, -0.15) is 0 Å². The van der Waals surface area contributed by atoms with Gasteiger partial charge in [-0.3, -0.25) is 4.79 Å². The molecule has 52 heavy (non-hydrogen) atoms. The van der Waals surface area contributed by atoms with E-state index >= 15 is 0 Å². The Labute approximate surface area is 320 Å². The Hall–Kier alpha value is -4.13. The highest BCUT2D eigenvalue weighted by Crippen LogP contribution is 2.41. The van der Waals surface area contributed by atoms with E-state index in [1.54, 1.807) is 42.6 Å². The SMILES string of the molecule is CN(C)C1(Cc2cccc(F)c2)CCC(NC(=O)c2cccnc2Sc2ccc(Cl)cc2)CC1.Cc1onc(-c2c(Cl)cccc2Cl)c1OC(=O)O. The molecule has 0 saturated heterocycles. The minimum absolute atomic E-state index is 0.0162. The van der Waals surface area contributed by atoms with Gasteiger partial charge >= 0.3 is 6.16 Å². The zero-order valence-electron chi connectivity index (χ0n) is 28.5. The molecule has 3 aromatic carbocycles. The molecule has 2 aromatic heterocycles. The number of carbonyl (C=O) groups is 2. The van der Waals surface area contributed by atoms with Gasteiger partial charge in [0.05, 0.1) is 15.6 Å². The van der Waals surface area contributed by atoms with Crippen LogP contribution in [0.15, 0.2) is 99.5 Å². The minimum atomic E-state index is -1.47. The second kappa shape index (κ2) is 17.6. The summed E-state index contributed by atoms with van der Waals surface area (Å²) in [4.78, 5) is 31.5. The molecule has 272 valence electrons. The quantitative estimate of drug-likeness (QED) is 0.141. The maximum Gasteiger partial charge on any atom is 0.511 e. The van der Waals surface area contributed by atoms with Crippen LogP contribution in [0.25, 0.3) is 11.3 Å². The molecule has 0 unspecified atom stereocenters. The van der Waals surface area contributed by atoms with E-state index in [2.05, 4.69) is 39.2 Å². The van der Waals surface area contributed by atoms with Crippen LogP contribution in [0.1, 0.15) is 47.4 Å². The second-order valence-corrected chi connectivity index (χ2v) is 14.8. The number of rotatable bonds is 9. The summed E-state index contributed by atoms with van der Waals surface area (Å²) in [6, 6.07) is 23.0. The van der Waals surface area contributed by atoms with Gasteiger partial charge in [-0.05, 0) is 112 Å². The van der Waals surface area contributed by atoms with Gasteiger partial charge in [0.25, 0.3) is 5.91 Å². The van der Waals surface area contributed by atoms with Gasteiger partial charge in [-0.1, -0.05) is 69.9 Å². The third-order valence-corrected chi connectivity index (χ3v) is 10.8. The molecule has 0 aliphatic heterocycles. The summed E-state index contributed by atoms with van der Waals surface area (Å²) in [6.07, 6.45) is 4.64. The Balaban J connectivity index is 0.000000244. The molecule has 0 bridgehead atoms. The molecule has 1 amide bonds. The highest BCUT2D eigenvalue weighted by molar-refractivity contribution is 7.99. The molecule has 6 rings (SSSR count). The summed E-state index contributed by atoms with van der Waals surface area (Å²) in [5, 5.41) is 17.6. The van der Waals surface area contributed by atoms with Gasteiger partial charge in [-0.25, -0.2) is 14.2 Å². The fourth-order valence-corrected chi connectivity index (χ4v) is 7.67. The van der Waals surface area contributed by atoms with Crippen LogP contribution in [0, 0.1) is 12.7 Å². The van der Waals surface area contributed by atoms with Crippen LogP contribution in [0.2, 0.25) is 15.1 Å². The van der Waals surface area contributed by atoms with Crippen molar-refractivity contribution < 1.29 is 28.3 Å². The number of hydrogen-bond donors (Lipinski definition) is 2. The lowest BCUT2D eigenvalue weighted by Crippen LogP contribution is -2.52. The predicted molar refractivity (Wildman–Crippen MR) is 201 cm³/mol. The van der Waals surface area contributed by atoms with Crippen LogP contribution >= 0.6 is 46.6 Å². The fraction of sp³-hybridized carbons (Fsp3) is 0.263. The summed E-state index contributed by atoms with van der Waals surface area (Å²) < 4.78 is 23.3. The number of hydrogen-bond acceptors (Lipinski definition) is 8. The van der Waals surface area contributed by atoms with E-state index in [1.165, 1.54) is 24.8 Å². The topological polar surface area (TPSA) is 118 Å². The van der Waals surface area contributed by atoms with Crippen molar-refractivity contribution in [1.29, 1.82) is 0 Å². The zero-order chi connectivity index (χ0) is 37.4. The number of likely N-dealkylation sites (N-methyl/N-ethyl adjacent to an activating group) is 1. The lowest BCUT2D eigenvalue weighted by Gasteiger charge is -2.45.